The molecule has 0 atom stereocenters. The van der Waals surface area contributed by atoms with Gasteiger partial charge in [-0.1, -0.05) is 11.8 Å². The van der Waals surface area contributed by atoms with E-state index in [0.29, 0.717) is 54.2 Å². The Bertz CT molecular complexity index is 794. The van der Waals surface area contributed by atoms with Crippen LogP contribution in [0.2, 0.25) is 0 Å². The number of carbonyl (C=O) groups is 1. The summed E-state index contributed by atoms with van der Waals surface area (Å²) < 4.78 is 16.0. The molecule has 2 aromatic rings. The average Bonchev–Trinajstić information content (AvgIpc) is 2.72. The number of thioether (sulfide) groups is 1. The molecular weight excluding hydrogens is 354 g/mol. The first-order chi connectivity index (χ1) is 12.7. The van der Waals surface area contributed by atoms with Gasteiger partial charge in [-0.05, 0) is 24.5 Å². The van der Waals surface area contributed by atoms with Crippen LogP contribution >= 0.6 is 11.8 Å². The zero-order chi connectivity index (χ0) is 18.5. The molecule has 1 amide bonds. The molecule has 1 aliphatic heterocycles. The molecule has 138 valence electrons. The molecule has 0 aliphatic carbocycles. The van der Waals surface area contributed by atoms with E-state index in [4.69, 9.17) is 14.2 Å². The van der Waals surface area contributed by atoms with Gasteiger partial charge in [0, 0.05) is 24.8 Å². The van der Waals surface area contributed by atoms with Gasteiger partial charge in [0.25, 0.3) is 5.91 Å². The topological polar surface area (TPSA) is 73.8 Å². The minimum Gasteiger partial charge on any atom is -0.493 e. The van der Waals surface area contributed by atoms with Gasteiger partial charge in [0.15, 0.2) is 16.7 Å². The van der Waals surface area contributed by atoms with Gasteiger partial charge in [-0.25, -0.2) is 9.97 Å². The smallest absolute Gasteiger partial charge is 0.257 e. The molecule has 1 fully saturated rings. The monoisotopic (exact) mass is 375 g/mol. The molecule has 7 nitrogen and oxygen atoms in total. The SMILES string of the molecule is COc1ccc(-c2nc(SC)ncc2C(=O)N2CCOCC2)cc1OC. The lowest BCUT2D eigenvalue weighted by molar-refractivity contribution is 0.0302. The van der Waals surface area contributed by atoms with E-state index in [0.717, 1.165) is 5.56 Å². The van der Waals surface area contributed by atoms with E-state index in [9.17, 15) is 4.79 Å². The van der Waals surface area contributed by atoms with Crippen molar-refractivity contribution in [1.82, 2.24) is 14.9 Å². The molecule has 0 bridgehead atoms. The second kappa shape index (κ2) is 8.37. The Balaban J connectivity index is 2.05. The van der Waals surface area contributed by atoms with Gasteiger partial charge in [0.05, 0.1) is 38.7 Å². The van der Waals surface area contributed by atoms with Crippen LogP contribution in [-0.4, -0.2) is 67.6 Å². The summed E-state index contributed by atoms with van der Waals surface area (Å²) in [4.78, 5) is 23.6. The van der Waals surface area contributed by atoms with Crippen LogP contribution in [0, 0.1) is 0 Å². The van der Waals surface area contributed by atoms with Crippen molar-refractivity contribution in [3.8, 4) is 22.8 Å². The maximum atomic E-state index is 13.0. The summed E-state index contributed by atoms with van der Waals surface area (Å²) in [6.45, 7) is 2.21. The van der Waals surface area contributed by atoms with Crippen molar-refractivity contribution in [2.24, 2.45) is 0 Å². The minimum atomic E-state index is -0.0919. The Labute approximate surface area is 156 Å². The molecular formula is C18H21N3O4S. The fourth-order valence-electron chi connectivity index (χ4n) is 2.76. The van der Waals surface area contributed by atoms with Crippen molar-refractivity contribution in [3.63, 3.8) is 0 Å². The molecule has 26 heavy (non-hydrogen) atoms. The molecule has 1 aromatic heterocycles. The quantitative estimate of drug-likeness (QED) is 0.587. The van der Waals surface area contributed by atoms with E-state index in [1.807, 2.05) is 18.4 Å². The Morgan fingerprint density at radius 1 is 1.19 bits per heavy atom. The second-order valence-electron chi connectivity index (χ2n) is 5.59. The highest BCUT2D eigenvalue weighted by atomic mass is 32.2. The predicted octanol–water partition coefficient (Wildman–Crippen LogP) is 2.36. The van der Waals surface area contributed by atoms with Crippen molar-refractivity contribution in [2.45, 2.75) is 5.16 Å². The lowest BCUT2D eigenvalue weighted by Gasteiger charge is -2.27. The molecule has 1 aliphatic rings. The zero-order valence-corrected chi connectivity index (χ0v) is 15.8. The van der Waals surface area contributed by atoms with Gasteiger partial charge >= 0.3 is 0 Å². The maximum Gasteiger partial charge on any atom is 0.257 e. The van der Waals surface area contributed by atoms with Crippen molar-refractivity contribution in [2.75, 3.05) is 46.8 Å². The highest BCUT2D eigenvalue weighted by molar-refractivity contribution is 7.98. The van der Waals surface area contributed by atoms with Gasteiger partial charge in [-0.3, -0.25) is 4.79 Å². The summed E-state index contributed by atoms with van der Waals surface area (Å²) in [5.41, 5.74) is 1.83. The first-order valence-electron chi connectivity index (χ1n) is 8.18. The van der Waals surface area contributed by atoms with Gasteiger partial charge < -0.3 is 19.1 Å². The minimum absolute atomic E-state index is 0.0919. The number of aromatic nitrogens is 2. The summed E-state index contributed by atoms with van der Waals surface area (Å²) in [5.74, 6) is 1.11. The Morgan fingerprint density at radius 3 is 2.58 bits per heavy atom. The predicted molar refractivity (Wildman–Crippen MR) is 99.1 cm³/mol. The Kier molecular flexibility index (Phi) is 5.95. The number of morpholine rings is 1. The largest absolute Gasteiger partial charge is 0.493 e. The fourth-order valence-corrected chi connectivity index (χ4v) is 3.10. The molecule has 0 spiro atoms. The normalized spacial score (nSPS) is 14.2. The third-order valence-electron chi connectivity index (χ3n) is 4.13. The number of rotatable bonds is 5. The van der Waals surface area contributed by atoms with Crippen LogP contribution < -0.4 is 9.47 Å². The van der Waals surface area contributed by atoms with E-state index in [-0.39, 0.29) is 5.91 Å². The summed E-state index contributed by atoms with van der Waals surface area (Å²) in [6, 6.07) is 5.49. The van der Waals surface area contributed by atoms with Crippen LogP contribution in [0.3, 0.4) is 0 Å². The molecule has 8 heteroatoms. The molecule has 0 radical (unpaired) electrons. The second-order valence-corrected chi connectivity index (χ2v) is 6.37. The summed E-state index contributed by atoms with van der Waals surface area (Å²) >= 11 is 1.43. The lowest BCUT2D eigenvalue weighted by atomic mass is 10.1. The first kappa shape index (κ1) is 18.5. The van der Waals surface area contributed by atoms with Gasteiger partial charge in [-0.2, -0.15) is 0 Å². The van der Waals surface area contributed by atoms with Crippen LogP contribution in [-0.2, 0) is 4.74 Å². The molecule has 2 heterocycles. The fraction of sp³-hybridized carbons (Fsp3) is 0.389. The van der Waals surface area contributed by atoms with Crippen molar-refractivity contribution in [1.29, 1.82) is 0 Å². The van der Waals surface area contributed by atoms with E-state index in [1.54, 1.807) is 31.4 Å². The molecule has 0 saturated carbocycles. The summed E-state index contributed by atoms with van der Waals surface area (Å²) in [6.07, 6.45) is 3.50. The zero-order valence-electron chi connectivity index (χ0n) is 15.0. The van der Waals surface area contributed by atoms with Crippen molar-refractivity contribution >= 4 is 17.7 Å². The van der Waals surface area contributed by atoms with E-state index in [1.165, 1.54) is 11.8 Å². The molecule has 0 unspecified atom stereocenters. The van der Waals surface area contributed by atoms with Crippen LogP contribution in [0.25, 0.3) is 11.3 Å². The number of nitrogens with zero attached hydrogens (tertiary/aromatic N) is 3. The van der Waals surface area contributed by atoms with Crippen LogP contribution in [0.4, 0.5) is 0 Å². The first-order valence-corrected chi connectivity index (χ1v) is 9.41. The number of amides is 1. The molecule has 3 rings (SSSR count). The number of carbonyl (C=O) groups excluding carboxylic acids is 1. The molecule has 0 N–H and O–H groups in total. The lowest BCUT2D eigenvalue weighted by Crippen LogP contribution is -2.41. The summed E-state index contributed by atoms with van der Waals surface area (Å²) in [7, 11) is 3.16. The van der Waals surface area contributed by atoms with E-state index >= 15 is 0 Å². The van der Waals surface area contributed by atoms with Gasteiger partial charge in [-0.15, -0.1) is 0 Å². The highest BCUT2D eigenvalue weighted by Crippen LogP contribution is 2.33. The third-order valence-corrected chi connectivity index (χ3v) is 4.70. The highest BCUT2D eigenvalue weighted by Gasteiger charge is 2.24. The Morgan fingerprint density at radius 2 is 1.92 bits per heavy atom. The van der Waals surface area contributed by atoms with Crippen LogP contribution in [0.15, 0.2) is 29.6 Å². The van der Waals surface area contributed by atoms with Crippen LogP contribution in [0.5, 0.6) is 11.5 Å². The number of methoxy groups -OCH3 is 2. The summed E-state index contributed by atoms with van der Waals surface area (Å²) in [5, 5.41) is 0.605. The number of ether oxygens (including phenoxy) is 3. The standard InChI is InChI=1S/C18H21N3O4S/c1-23-14-5-4-12(10-15(14)24-2)16-13(11-19-18(20-16)26-3)17(22)21-6-8-25-9-7-21/h4-5,10-11H,6-9H2,1-3H3. The van der Waals surface area contributed by atoms with E-state index < -0.39 is 0 Å². The number of benzene rings is 1. The van der Waals surface area contributed by atoms with Crippen LogP contribution in [0.1, 0.15) is 10.4 Å². The number of hydrogen-bond acceptors (Lipinski definition) is 7. The maximum absolute atomic E-state index is 13.0. The molecule has 1 aromatic carbocycles. The van der Waals surface area contributed by atoms with E-state index in [2.05, 4.69) is 9.97 Å². The third kappa shape index (κ3) is 3.76. The van der Waals surface area contributed by atoms with Crippen molar-refractivity contribution < 1.29 is 19.0 Å². The van der Waals surface area contributed by atoms with Crippen molar-refractivity contribution in [3.05, 3.63) is 30.0 Å². The van der Waals surface area contributed by atoms with Gasteiger partial charge in [0.1, 0.15) is 0 Å². The van der Waals surface area contributed by atoms with Gasteiger partial charge in [0.2, 0.25) is 0 Å². The Hall–Kier alpha value is -2.32. The average molecular weight is 375 g/mol. The molecule has 1 saturated heterocycles. The number of hydrogen-bond donors (Lipinski definition) is 0.